The van der Waals surface area contributed by atoms with Gasteiger partial charge in [0.25, 0.3) is 0 Å². The number of nitrogens with one attached hydrogen (secondary N) is 2. The van der Waals surface area contributed by atoms with Crippen LogP contribution in [-0.2, 0) is 22.6 Å². The third-order valence-electron chi connectivity index (χ3n) is 7.71. The molecule has 0 radical (unpaired) electrons. The van der Waals surface area contributed by atoms with Crippen LogP contribution in [0.3, 0.4) is 0 Å². The molecule has 190 valence electrons. The summed E-state index contributed by atoms with van der Waals surface area (Å²) in [5.74, 6) is 1.71. The van der Waals surface area contributed by atoms with Crippen LogP contribution < -0.4 is 10.6 Å². The van der Waals surface area contributed by atoms with Gasteiger partial charge in [0.15, 0.2) is 0 Å². The smallest absolute Gasteiger partial charge is 0.229 e. The molecule has 2 aromatic heterocycles. The zero-order valence-electron chi connectivity index (χ0n) is 20.9. The largest absolute Gasteiger partial charge is 0.379 e. The molecule has 1 amide bonds. The first-order valence-corrected chi connectivity index (χ1v) is 13.5. The minimum Gasteiger partial charge on any atom is -0.379 e. The number of nitrogens with zero attached hydrogens (tertiary/aromatic N) is 4. The molecule has 1 saturated heterocycles. The zero-order valence-corrected chi connectivity index (χ0v) is 20.9. The Hall–Kier alpha value is -2.97. The van der Waals surface area contributed by atoms with Crippen molar-refractivity contribution >= 4 is 28.6 Å². The molecule has 6 rings (SSSR count). The third-order valence-corrected chi connectivity index (χ3v) is 7.71. The van der Waals surface area contributed by atoms with Gasteiger partial charge >= 0.3 is 0 Å². The number of hydrogen-bond acceptors (Lipinski definition) is 6. The highest BCUT2D eigenvalue weighted by molar-refractivity contribution is 5.82. The van der Waals surface area contributed by atoms with Crippen molar-refractivity contribution in [2.24, 2.45) is 5.92 Å². The Morgan fingerprint density at radius 3 is 2.78 bits per heavy atom. The molecule has 3 heterocycles. The summed E-state index contributed by atoms with van der Waals surface area (Å²) in [4.78, 5) is 24.2. The van der Waals surface area contributed by atoms with E-state index in [1.54, 1.807) is 0 Å². The van der Waals surface area contributed by atoms with E-state index in [0.29, 0.717) is 18.4 Å². The standard InChI is InChI=1S/C28H36N6O2/c35-27(22-5-2-6-22)29-10-3-11-34-19-25(21-8-9-21)24-17-30-28(32-26(24)34)31-23-7-1-4-20(16-23)18-33-12-14-36-15-13-33/h1,4,7,16-17,19,21-22H,2-3,5-6,8-15,18H2,(H,29,35)(H,30,31,32). The van der Waals surface area contributed by atoms with Crippen LogP contribution in [-0.4, -0.2) is 58.2 Å². The topological polar surface area (TPSA) is 84.3 Å². The molecule has 3 fully saturated rings. The number of aromatic nitrogens is 3. The van der Waals surface area contributed by atoms with E-state index in [0.717, 1.165) is 75.4 Å². The molecule has 0 spiro atoms. The van der Waals surface area contributed by atoms with Gasteiger partial charge < -0.3 is 19.9 Å². The van der Waals surface area contributed by atoms with Gasteiger partial charge in [-0.3, -0.25) is 9.69 Å². The monoisotopic (exact) mass is 488 g/mol. The van der Waals surface area contributed by atoms with Gasteiger partial charge in [-0.1, -0.05) is 18.6 Å². The molecule has 1 aromatic carbocycles. The molecule has 0 bridgehead atoms. The maximum atomic E-state index is 12.1. The van der Waals surface area contributed by atoms with E-state index in [4.69, 9.17) is 9.72 Å². The Kier molecular flexibility index (Phi) is 6.88. The molecule has 36 heavy (non-hydrogen) atoms. The maximum absolute atomic E-state index is 12.1. The number of ether oxygens (including phenoxy) is 1. The molecule has 2 aliphatic carbocycles. The van der Waals surface area contributed by atoms with Crippen LogP contribution in [0.1, 0.15) is 55.6 Å². The lowest BCUT2D eigenvalue weighted by molar-refractivity contribution is -0.127. The van der Waals surface area contributed by atoms with Crippen LogP contribution in [0.4, 0.5) is 11.6 Å². The lowest BCUT2D eigenvalue weighted by Gasteiger charge is -2.26. The average molecular weight is 489 g/mol. The van der Waals surface area contributed by atoms with Gasteiger partial charge in [-0.15, -0.1) is 0 Å². The van der Waals surface area contributed by atoms with Gasteiger partial charge in [0.05, 0.1) is 13.2 Å². The van der Waals surface area contributed by atoms with E-state index in [-0.39, 0.29) is 11.8 Å². The molecular formula is C28H36N6O2. The molecule has 3 aromatic rings. The molecule has 0 atom stereocenters. The highest BCUT2D eigenvalue weighted by Gasteiger charge is 2.28. The second kappa shape index (κ2) is 10.6. The first kappa shape index (κ1) is 23.4. The van der Waals surface area contributed by atoms with Crippen molar-refractivity contribution in [3.8, 4) is 0 Å². The first-order valence-electron chi connectivity index (χ1n) is 13.5. The molecule has 3 aliphatic rings. The SMILES string of the molecule is O=C(NCCCn1cc(C2CC2)c2cnc(Nc3cccc(CN4CCOCC4)c3)nc21)C1CCC1. The molecule has 8 heteroatoms. The lowest BCUT2D eigenvalue weighted by Crippen LogP contribution is -2.35. The van der Waals surface area contributed by atoms with Crippen molar-refractivity contribution in [2.75, 3.05) is 38.2 Å². The average Bonchev–Trinajstić information content (AvgIpc) is 3.64. The number of carbonyl (C=O) groups is 1. The number of morpholine rings is 1. The summed E-state index contributed by atoms with van der Waals surface area (Å²) in [6.07, 6.45) is 10.9. The fourth-order valence-corrected chi connectivity index (χ4v) is 5.21. The Bertz CT molecular complexity index is 1210. The molecule has 0 unspecified atom stereocenters. The number of amides is 1. The molecule has 1 aliphatic heterocycles. The van der Waals surface area contributed by atoms with Crippen LogP contribution in [0.2, 0.25) is 0 Å². The van der Waals surface area contributed by atoms with E-state index in [1.807, 2.05) is 6.20 Å². The second-order valence-corrected chi connectivity index (χ2v) is 10.5. The Labute approximate surface area is 212 Å². The maximum Gasteiger partial charge on any atom is 0.229 e. The quantitative estimate of drug-likeness (QED) is 0.417. The van der Waals surface area contributed by atoms with Crippen molar-refractivity contribution in [3.05, 3.63) is 47.8 Å². The van der Waals surface area contributed by atoms with Crippen molar-refractivity contribution in [3.63, 3.8) is 0 Å². The van der Waals surface area contributed by atoms with Crippen molar-refractivity contribution in [1.29, 1.82) is 0 Å². The summed E-state index contributed by atoms with van der Waals surface area (Å²) in [7, 11) is 0. The summed E-state index contributed by atoms with van der Waals surface area (Å²) in [6, 6.07) is 8.50. The van der Waals surface area contributed by atoms with Crippen LogP contribution >= 0.6 is 0 Å². The number of fused-ring (bicyclic) bond motifs is 1. The molecule has 2 N–H and O–H groups in total. The highest BCUT2D eigenvalue weighted by Crippen LogP contribution is 2.43. The van der Waals surface area contributed by atoms with E-state index >= 15 is 0 Å². The third kappa shape index (κ3) is 5.39. The van der Waals surface area contributed by atoms with Crippen molar-refractivity contribution in [2.45, 2.75) is 57.5 Å². The van der Waals surface area contributed by atoms with Gasteiger partial charge in [0, 0.05) is 62.1 Å². The predicted octanol–water partition coefficient (Wildman–Crippen LogP) is 4.19. The van der Waals surface area contributed by atoms with Crippen LogP contribution in [0.15, 0.2) is 36.7 Å². The minimum absolute atomic E-state index is 0.224. The van der Waals surface area contributed by atoms with Gasteiger partial charge in [0.2, 0.25) is 11.9 Å². The van der Waals surface area contributed by atoms with Crippen molar-refractivity contribution in [1.82, 2.24) is 24.8 Å². The fourth-order valence-electron chi connectivity index (χ4n) is 5.21. The molecular weight excluding hydrogens is 452 g/mol. The molecule has 8 nitrogen and oxygen atoms in total. The van der Waals surface area contributed by atoms with E-state index in [1.165, 1.54) is 30.4 Å². The number of aryl methyl sites for hydroxylation is 1. The number of hydrogen-bond donors (Lipinski definition) is 2. The highest BCUT2D eigenvalue weighted by atomic mass is 16.5. The van der Waals surface area contributed by atoms with Gasteiger partial charge in [0.1, 0.15) is 5.65 Å². The zero-order chi connectivity index (χ0) is 24.3. The van der Waals surface area contributed by atoms with Gasteiger partial charge in [-0.05, 0) is 61.3 Å². The van der Waals surface area contributed by atoms with E-state index in [2.05, 4.69) is 55.5 Å². The predicted molar refractivity (Wildman–Crippen MR) is 140 cm³/mol. The Balaban J connectivity index is 1.14. The number of benzene rings is 1. The summed E-state index contributed by atoms with van der Waals surface area (Å²) in [5.41, 5.74) is 4.61. The second-order valence-electron chi connectivity index (χ2n) is 10.5. The van der Waals surface area contributed by atoms with Crippen molar-refractivity contribution < 1.29 is 9.53 Å². The Morgan fingerprint density at radius 1 is 1.14 bits per heavy atom. The minimum atomic E-state index is 0.224. The van der Waals surface area contributed by atoms with Gasteiger partial charge in [-0.2, -0.15) is 4.98 Å². The fraction of sp³-hybridized carbons (Fsp3) is 0.536. The van der Waals surface area contributed by atoms with Crippen LogP contribution in [0, 0.1) is 5.92 Å². The lowest BCUT2D eigenvalue weighted by atomic mass is 9.85. The molecule has 2 saturated carbocycles. The van der Waals surface area contributed by atoms with E-state index < -0.39 is 0 Å². The number of carbonyl (C=O) groups excluding carboxylic acids is 1. The summed E-state index contributed by atoms with van der Waals surface area (Å²) >= 11 is 0. The first-order chi connectivity index (χ1) is 17.7. The normalized spacial score (nSPS) is 18.8. The number of anilines is 2. The van der Waals surface area contributed by atoms with Crippen LogP contribution in [0.5, 0.6) is 0 Å². The van der Waals surface area contributed by atoms with Crippen LogP contribution in [0.25, 0.3) is 11.0 Å². The summed E-state index contributed by atoms with van der Waals surface area (Å²) in [5, 5.41) is 7.70. The number of rotatable bonds is 10. The summed E-state index contributed by atoms with van der Waals surface area (Å²) in [6.45, 7) is 6.02. The van der Waals surface area contributed by atoms with E-state index in [9.17, 15) is 4.79 Å². The summed E-state index contributed by atoms with van der Waals surface area (Å²) < 4.78 is 7.72. The van der Waals surface area contributed by atoms with Gasteiger partial charge in [-0.25, -0.2) is 4.98 Å². The Morgan fingerprint density at radius 2 is 2.00 bits per heavy atom.